The van der Waals surface area contributed by atoms with E-state index in [2.05, 4.69) is 87.8 Å². The molecule has 5 aromatic heterocycles. The molecule has 5 nitrogen and oxygen atoms in total. The number of furan rings is 1. The quantitative estimate of drug-likeness (QED) is 0.238. The lowest BCUT2D eigenvalue weighted by Gasteiger charge is -2.06. The van der Waals surface area contributed by atoms with Gasteiger partial charge in [-0.25, -0.2) is 9.38 Å². The van der Waals surface area contributed by atoms with E-state index in [1.807, 2.05) is 36.5 Å². The molecule has 9 rings (SSSR count). The van der Waals surface area contributed by atoms with Crippen molar-refractivity contribution in [3.8, 4) is 22.6 Å². The number of para-hydroxylation sites is 1. The molecule has 0 radical (unpaired) electrons. The Kier molecular flexibility index (Phi) is 3.73. The third-order valence-electron chi connectivity index (χ3n) is 7.63. The van der Waals surface area contributed by atoms with Crippen molar-refractivity contribution < 1.29 is 8.82 Å². The Morgan fingerprint density at radius 1 is 0.658 bits per heavy atom. The molecule has 0 atom stereocenters. The van der Waals surface area contributed by atoms with Gasteiger partial charge in [0.1, 0.15) is 17.4 Å². The molecular formula is C33H19N4O+. The number of hydrogen-bond acceptors (Lipinski definition) is 3. The maximum Gasteiger partial charge on any atom is 0.328 e. The summed E-state index contributed by atoms with van der Waals surface area (Å²) in [5.41, 5.74) is 8.63. The molecule has 0 spiro atoms. The number of rotatable bonds is 2. The second kappa shape index (κ2) is 7.14. The zero-order chi connectivity index (χ0) is 24.8. The molecule has 0 bridgehead atoms. The number of nitrogens with zero attached hydrogens (tertiary/aromatic N) is 4. The molecule has 0 N–H and O–H groups in total. The minimum absolute atomic E-state index is 0.812. The normalized spacial score (nSPS) is 12.2. The van der Waals surface area contributed by atoms with Crippen LogP contribution in [0.1, 0.15) is 0 Å². The number of fused-ring (bicyclic) bond motifs is 4. The van der Waals surface area contributed by atoms with Crippen LogP contribution in [0.15, 0.2) is 120 Å². The molecule has 9 aromatic rings. The summed E-state index contributed by atoms with van der Waals surface area (Å²) in [5.74, 6) is 0.812. The highest BCUT2D eigenvalue weighted by molar-refractivity contribution is 6.28. The number of pyridine rings is 1. The van der Waals surface area contributed by atoms with E-state index < -0.39 is 0 Å². The van der Waals surface area contributed by atoms with Gasteiger partial charge in [-0.3, -0.25) is 4.40 Å². The highest BCUT2D eigenvalue weighted by Gasteiger charge is 2.27. The zero-order valence-corrected chi connectivity index (χ0v) is 20.2. The van der Waals surface area contributed by atoms with Gasteiger partial charge in [-0.2, -0.15) is 0 Å². The first-order valence-electron chi connectivity index (χ1n) is 12.7. The van der Waals surface area contributed by atoms with Crippen LogP contribution in [0.2, 0.25) is 0 Å². The maximum absolute atomic E-state index is 6.35. The molecule has 0 unspecified atom stereocenters. The number of benzene rings is 4. The van der Waals surface area contributed by atoms with Gasteiger partial charge >= 0.3 is 5.65 Å². The summed E-state index contributed by atoms with van der Waals surface area (Å²) < 4.78 is 10.7. The Balaban J connectivity index is 1.56. The van der Waals surface area contributed by atoms with Gasteiger partial charge in [-0.1, -0.05) is 66.7 Å². The van der Waals surface area contributed by atoms with Crippen LogP contribution >= 0.6 is 0 Å². The summed E-state index contributed by atoms with van der Waals surface area (Å²) in [6.07, 6.45) is 4.19. The van der Waals surface area contributed by atoms with Crippen molar-refractivity contribution >= 4 is 54.9 Å². The second-order valence-corrected chi connectivity index (χ2v) is 9.71. The summed E-state index contributed by atoms with van der Waals surface area (Å²) in [6.45, 7) is 0. The van der Waals surface area contributed by atoms with Crippen molar-refractivity contribution in [2.24, 2.45) is 0 Å². The monoisotopic (exact) mass is 487 g/mol. The molecule has 38 heavy (non-hydrogen) atoms. The van der Waals surface area contributed by atoms with Crippen molar-refractivity contribution in [3.05, 3.63) is 116 Å². The van der Waals surface area contributed by atoms with E-state index in [4.69, 9.17) is 14.4 Å². The fraction of sp³-hybridized carbons (Fsp3) is 0. The minimum atomic E-state index is 0.812. The minimum Gasteiger partial charge on any atom is -0.456 e. The van der Waals surface area contributed by atoms with E-state index in [9.17, 15) is 0 Å². The van der Waals surface area contributed by atoms with Gasteiger partial charge in [0.15, 0.2) is 5.82 Å². The Labute approximate surface area is 216 Å². The first kappa shape index (κ1) is 19.8. The lowest BCUT2D eigenvalue weighted by Crippen LogP contribution is -2.23. The van der Waals surface area contributed by atoms with Crippen molar-refractivity contribution in [2.45, 2.75) is 0 Å². The van der Waals surface area contributed by atoms with Gasteiger partial charge < -0.3 is 4.42 Å². The van der Waals surface area contributed by atoms with Crippen LogP contribution in [0.3, 0.4) is 0 Å². The van der Waals surface area contributed by atoms with E-state index in [1.165, 1.54) is 5.39 Å². The van der Waals surface area contributed by atoms with Gasteiger partial charge in [-0.15, -0.1) is 0 Å². The molecule has 4 aromatic carbocycles. The van der Waals surface area contributed by atoms with Gasteiger partial charge in [0.25, 0.3) is 0 Å². The van der Waals surface area contributed by atoms with Crippen molar-refractivity contribution in [1.82, 2.24) is 14.4 Å². The van der Waals surface area contributed by atoms with Crippen LogP contribution in [-0.2, 0) is 0 Å². The lowest BCUT2D eigenvalue weighted by molar-refractivity contribution is -0.513. The Morgan fingerprint density at radius 2 is 1.47 bits per heavy atom. The lowest BCUT2D eigenvalue weighted by atomic mass is 10.0. The van der Waals surface area contributed by atoms with Crippen LogP contribution in [-0.4, -0.2) is 14.4 Å². The molecule has 0 saturated carbocycles. The van der Waals surface area contributed by atoms with Gasteiger partial charge in [0.2, 0.25) is 5.69 Å². The molecule has 0 fully saturated rings. The standard InChI is InChI=1S/C33H19N4O/c1-2-9-20(10-3-1)23-19-36-18-7-6-15-28(36)35-31(23)33-34-24-16-17-27-30-29-22(12-8-14-26(29)38-27)21-11-4-5-13-25(21)37(33)32(24)30/h1-19H/q+1. The maximum atomic E-state index is 6.35. The topological polar surface area (TPSA) is 47.4 Å². The molecule has 0 aliphatic rings. The molecular weight excluding hydrogens is 468 g/mol. The summed E-state index contributed by atoms with van der Waals surface area (Å²) in [4.78, 5) is 10.5. The third kappa shape index (κ3) is 2.52. The van der Waals surface area contributed by atoms with Gasteiger partial charge in [-0.05, 0) is 46.3 Å². The number of imidazole rings is 1. The van der Waals surface area contributed by atoms with E-state index >= 15 is 0 Å². The first-order valence-corrected chi connectivity index (χ1v) is 12.7. The van der Waals surface area contributed by atoms with Gasteiger partial charge in [0.05, 0.1) is 33.7 Å². The summed E-state index contributed by atoms with van der Waals surface area (Å²) in [5, 5.41) is 4.55. The van der Waals surface area contributed by atoms with Crippen molar-refractivity contribution in [2.75, 3.05) is 0 Å². The molecule has 176 valence electrons. The Bertz CT molecular complexity index is 2350. The van der Waals surface area contributed by atoms with E-state index in [-0.39, 0.29) is 0 Å². The SMILES string of the molecule is c1ccc(-c2c[n+]3ccccc3nc2-c2nc3ccc4oc5cccc6c7ccccc7n2c3c4c56)cc1. The third-order valence-corrected chi connectivity index (χ3v) is 7.63. The zero-order valence-electron chi connectivity index (χ0n) is 20.2. The Morgan fingerprint density at radius 3 is 2.42 bits per heavy atom. The molecule has 5 heteroatoms. The highest BCUT2D eigenvalue weighted by atomic mass is 16.3. The molecule has 0 aliphatic heterocycles. The summed E-state index contributed by atoms with van der Waals surface area (Å²) in [6, 6.07) is 35.5. The van der Waals surface area contributed by atoms with E-state index in [1.54, 1.807) is 0 Å². The van der Waals surface area contributed by atoms with Crippen LogP contribution in [0, 0.1) is 0 Å². The molecule has 0 aliphatic carbocycles. The largest absolute Gasteiger partial charge is 0.456 e. The molecule has 0 saturated heterocycles. The summed E-state index contributed by atoms with van der Waals surface area (Å²) >= 11 is 0. The van der Waals surface area contributed by atoms with E-state index in [0.717, 1.165) is 72.2 Å². The fourth-order valence-electron chi connectivity index (χ4n) is 6.01. The van der Waals surface area contributed by atoms with Crippen LogP contribution in [0.25, 0.3) is 77.6 Å². The number of aromatic nitrogens is 4. The predicted molar refractivity (Wildman–Crippen MR) is 150 cm³/mol. The van der Waals surface area contributed by atoms with Crippen molar-refractivity contribution in [3.63, 3.8) is 0 Å². The Hall–Kier alpha value is -5.29. The smallest absolute Gasteiger partial charge is 0.328 e. The molecule has 0 amide bonds. The number of hydrogen-bond donors (Lipinski definition) is 0. The van der Waals surface area contributed by atoms with Gasteiger partial charge in [0, 0.05) is 16.8 Å². The molecule has 5 heterocycles. The van der Waals surface area contributed by atoms with Crippen LogP contribution < -0.4 is 4.40 Å². The summed E-state index contributed by atoms with van der Waals surface area (Å²) in [7, 11) is 0. The fourth-order valence-corrected chi connectivity index (χ4v) is 6.01. The van der Waals surface area contributed by atoms with Crippen molar-refractivity contribution in [1.29, 1.82) is 0 Å². The van der Waals surface area contributed by atoms with Crippen LogP contribution in [0.4, 0.5) is 0 Å². The van der Waals surface area contributed by atoms with Crippen LogP contribution in [0.5, 0.6) is 0 Å². The highest BCUT2D eigenvalue weighted by Crippen LogP contribution is 2.43. The predicted octanol–water partition coefficient (Wildman–Crippen LogP) is 7.45. The average molecular weight is 488 g/mol. The first-order chi connectivity index (χ1) is 18.8. The van der Waals surface area contributed by atoms with E-state index in [0.29, 0.717) is 0 Å². The second-order valence-electron chi connectivity index (χ2n) is 9.71. The average Bonchev–Trinajstić information content (AvgIpc) is 3.51.